The highest BCUT2D eigenvalue weighted by Gasteiger charge is 2.06. The predicted octanol–water partition coefficient (Wildman–Crippen LogP) is 2.87. The first-order chi connectivity index (χ1) is 7.17. The molecule has 1 aromatic rings. The minimum absolute atomic E-state index is 0.354. The zero-order chi connectivity index (χ0) is 11.3. The molecule has 0 aromatic heterocycles. The van der Waals surface area contributed by atoms with Crippen LogP contribution in [0.5, 0.6) is 5.75 Å². The first-order valence-corrected chi connectivity index (χ1v) is 5.52. The summed E-state index contributed by atoms with van der Waals surface area (Å²) in [5.74, 6) is 0.696. The number of hydrogen-bond acceptors (Lipinski definition) is 3. The molecule has 5 heteroatoms. The standard InChI is InChI=1S/C10H12INO3/c1-3-15-10(13)12-9-6-7(14-2)4-5-8(9)11/h4-6H,3H2,1-2H3,(H,12,13). The normalized spacial score (nSPS) is 9.53. The Labute approximate surface area is 102 Å². The molecule has 0 aliphatic rings. The summed E-state index contributed by atoms with van der Waals surface area (Å²) in [5.41, 5.74) is 0.688. The average molecular weight is 321 g/mol. The molecule has 1 amide bonds. The molecule has 0 heterocycles. The molecule has 0 atom stereocenters. The number of methoxy groups -OCH3 is 1. The molecule has 1 rings (SSSR count). The molecule has 0 unspecified atom stereocenters. The fourth-order valence-corrected chi connectivity index (χ4v) is 1.47. The van der Waals surface area contributed by atoms with E-state index >= 15 is 0 Å². The van der Waals surface area contributed by atoms with Crippen LogP contribution in [0, 0.1) is 3.57 Å². The third-order valence-corrected chi connectivity index (χ3v) is 2.63. The van der Waals surface area contributed by atoms with Crippen molar-refractivity contribution >= 4 is 34.4 Å². The van der Waals surface area contributed by atoms with Crippen LogP contribution in [0.1, 0.15) is 6.92 Å². The number of rotatable bonds is 3. The molecular formula is C10H12INO3. The highest BCUT2D eigenvalue weighted by molar-refractivity contribution is 14.1. The second-order valence-electron chi connectivity index (χ2n) is 2.69. The molecular weight excluding hydrogens is 309 g/mol. The Morgan fingerprint density at radius 1 is 1.53 bits per heavy atom. The van der Waals surface area contributed by atoms with Gasteiger partial charge in [-0.2, -0.15) is 0 Å². The van der Waals surface area contributed by atoms with Crippen molar-refractivity contribution in [2.45, 2.75) is 6.92 Å². The van der Waals surface area contributed by atoms with E-state index in [1.807, 2.05) is 12.1 Å². The fourth-order valence-electron chi connectivity index (χ4n) is 1.00. The monoisotopic (exact) mass is 321 g/mol. The molecule has 0 saturated carbocycles. The lowest BCUT2D eigenvalue weighted by Gasteiger charge is -2.08. The number of nitrogens with one attached hydrogen (secondary N) is 1. The number of anilines is 1. The van der Waals surface area contributed by atoms with Gasteiger partial charge in [-0.05, 0) is 41.6 Å². The van der Waals surface area contributed by atoms with Crippen LogP contribution < -0.4 is 10.1 Å². The molecule has 15 heavy (non-hydrogen) atoms. The van der Waals surface area contributed by atoms with Gasteiger partial charge in [-0.1, -0.05) is 0 Å². The number of amides is 1. The Bertz CT molecular complexity index is 355. The van der Waals surface area contributed by atoms with Gasteiger partial charge >= 0.3 is 6.09 Å². The predicted molar refractivity (Wildman–Crippen MR) is 66.4 cm³/mol. The largest absolute Gasteiger partial charge is 0.497 e. The van der Waals surface area contributed by atoms with E-state index in [-0.39, 0.29) is 0 Å². The van der Waals surface area contributed by atoms with Crippen LogP contribution in [0.25, 0.3) is 0 Å². The Morgan fingerprint density at radius 2 is 2.27 bits per heavy atom. The highest BCUT2D eigenvalue weighted by atomic mass is 127. The third kappa shape index (κ3) is 3.58. The summed E-state index contributed by atoms with van der Waals surface area (Å²) < 4.78 is 10.8. The maximum Gasteiger partial charge on any atom is 0.411 e. The Kier molecular flexibility index (Phi) is 4.67. The molecule has 82 valence electrons. The third-order valence-electron chi connectivity index (χ3n) is 1.69. The van der Waals surface area contributed by atoms with Crippen molar-refractivity contribution in [3.05, 3.63) is 21.8 Å². The van der Waals surface area contributed by atoms with Crippen LogP contribution in [0.4, 0.5) is 10.5 Å². The summed E-state index contributed by atoms with van der Waals surface area (Å²) in [5, 5.41) is 2.64. The van der Waals surface area contributed by atoms with E-state index in [1.165, 1.54) is 0 Å². The minimum Gasteiger partial charge on any atom is -0.497 e. The maximum absolute atomic E-state index is 11.2. The van der Waals surface area contributed by atoms with Crippen LogP contribution in [0.15, 0.2) is 18.2 Å². The number of benzene rings is 1. The van der Waals surface area contributed by atoms with Crippen molar-refractivity contribution in [2.75, 3.05) is 19.0 Å². The lowest BCUT2D eigenvalue weighted by Crippen LogP contribution is -2.14. The molecule has 0 fully saturated rings. The van der Waals surface area contributed by atoms with Crippen LogP contribution in [-0.2, 0) is 4.74 Å². The van der Waals surface area contributed by atoms with Crippen molar-refractivity contribution in [3.63, 3.8) is 0 Å². The van der Waals surface area contributed by atoms with Gasteiger partial charge in [0.1, 0.15) is 5.75 Å². The fraction of sp³-hybridized carbons (Fsp3) is 0.300. The number of carbonyl (C=O) groups excluding carboxylic acids is 1. The van der Waals surface area contributed by atoms with Gasteiger partial charge in [0.25, 0.3) is 0 Å². The van der Waals surface area contributed by atoms with Gasteiger partial charge in [0.15, 0.2) is 0 Å². The van der Waals surface area contributed by atoms with Crippen molar-refractivity contribution < 1.29 is 14.3 Å². The van der Waals surface area contributed by atoms with Crippen LogP contribution in [0.3, 0.4) is 0 Å². The van der Waals surface area contributed by atoms with Crippen molar-refractivity contribution in [1.82, 2.24) is 0 Å². The molecule has 0 saturated heterocycles. The molecule has 4 nitrogen and oxygen atoms in total. The van der Waals surface area contributed by atoms with Gasteiger partial charge in [-0.15, -0.1) is 0 Å². The lowest BCUT2D eigenvalue weighted by molar-refractivity contribution is 0.168. The first-order valence-electron chi connectivity index (χ1n) is 4.44. The lowest BCUT2D eigenvalue weighted by atomic mass is 10.3. The molecule has 1 N–H and O–H groups in total. The van der Waals surface area contributed by atoms with Gasteiger partial charge in [0, 0.05) is 9.64 Å². The van der Waals surface area contributed by atoms with Crippen LogP contribution >= 0.6 is 22.6 Å². The number of hydrogen-bond donors (Lipinski definition) is 1. The van der Waals surface area contributed by atoms with Crippen molar-refractivity contribution in [1.29, 1.82) is 0 Å². The Morgan fingerprint density at radius 3 is 2.87 bits per heavy atom. The molecule has 0 aliphatic carbocycles. The summed E-state index contributed by atoms with van der Waals surface area (Å²) in [6.07, 6.45) is -0.455. The summed E-state index contributed by atoms with van der Waals surface area (Å²) in [7, 11) is 1.58. The van der Waals surface area contributed by atoms with Gasteiger partial charge in [0.2, 0.25) is 0 Å². The molecule has 0 aliphatic heterocycles. The Balaban J connectivity index is 2.79. The first kappa shape index (κ1) is 12.1. The molecule has 0 spiro atoms. The summed E-state index contributed by atoms with van der Waals surface area (Å²) in [4.78, 5) is 11.2. The van der Waals surface area contributed by atoms with Gasteiger partial charge < -0.3 is 9.47 Å². The summed E-state index contributed by atoms with van der Waals surface area (Å²) >= 11 is 2.13. The van der Waals surface area contributed by atoms with E-state index in [9.17, 15) is 4.79 Å². The zero-order valence-electron chi connectivity index (χ0n) is 8.54. The number of carbonyl (C=O) groups is 1. The van der Waals surface area contributed by atoms with Gasteiger partial charge in [-0.25, -0.2) is 4.79 Å². The van der Waals surface area contributed by atoms with Crippen molar-refractivity contribution in [2.24, 2.45) is 0 Å². The number of ether oxygens (including phenoxy) is 2. The molecule has 1 aromatic carbocycles. The second-order valence-corrected chi connectivity index (χ2v) is 3.85. The second kappa shape index (κ2) is 5.79. The van der Waals surface area contributed by atoms with E-state index in [4.69, 9.17) is 9.47 Å². The summed E-state index contributed by atoms with van der Waals surface area (Å²) in [6.45, 7) is 2.11. The van der Waals surface area contributed by atoms with E-state index < -0.39 is 6.09 Å². The molecule has 0 bridgehead atoms. The maximum atomic E-state index is 11.2. The van der Waals surface area contributed by atoms with E-state index in [0.29, 0.717) is 18.0 Å². The quantitative estimate of drug-likeness (QED) is 0.871. The Hall–Kier alpha value is -0.980. The number of halogens is 1. The summed E-state index contributed by atoms with van der Waals surface area (Å²) in [6, 6.07) is 5.44. The molecule has 0 radical (unpaired) electrons. The van der Waals surface area contributed by atoms with Gasteiger partial charge in [-0.3, -0.25) is 5.32 Å². The minimum atomic E-state index is -0.455. The average Bonchev–Trinajstić information content (AvgIpc) is 2.21. The highest BCUT2D eigenvalue weighted by Crippen LogP contribution is 2.23. The van der Waals surface area contributed by atoms with E-state index in [2.05, 4.69) is 27.9 Å². The van der Waals surface area contributed by atoms with Gasteiger partial charge in [0.05, 0.1) is 19.4 Å². The topological polar surface area (TPSA) is 47.6 Å². The van der Waals surface area contributed by atoms with E-state index in [1.54, 1.807) is 20.1 Å². The zero-order valence-corrected chi connectivity index (χ0v) is 10.7. The van der Waals surface area contributed by atoms with Crippen LogP contribution in [0.2, 0.25) is 0 Å². The van der Waals surface area contributed by atoms with Crippen LogP contribution in [-0.4, -0.2) is 19.8 Å². The van der Waals surface area contributed by atoms with E-state index in [0.717, 1.165) is 3.57 Å². The smallest absolute Gasteiger partial charge is 0.411 e. The van der Waals surface area contributed by atoms with Crippen molar-refractivity contribution in [3.8, 4) is 5.75 Å². The SMILES string of the molecule is CCOC(=O)Nc1cc(OC)ccc1I.